The van der Waals surface area contributed by atoms with Crippen LogP contribution in [-0.2, 0) is 0 Å². The zero-order chi connectivity index (χ0) is 5.98. The van der Waals surface area contributed by atoms with Crippen molar-refractivity contribution in [3.05, 3.63) is 28.7 Å². The molecule has 0 aliphatic carbocycles. The fourth-order valence-electron chi connectivity index (χ4n) is 0.484. The van der Waals surface area contributed by atoms with Gasteiger partial charge in [-0.15, -0.1) is 0 Å². The van der Waals surface area contributed by atoms with Crippen LogP contribution in [-0.4, -0.2) is 21.7 Å². The van der Waals surface area contributed by atoms with E-state index >= 15 is 0 Å². The van der Waals surface area contributed by atoms with Gasteiger partial charge < -0.3 is 12.4 Å². The second-order valence-corrected chi connectivity index (χ2v) is 3.36. The summed E-state index contributed by atoms with van der Waals surface area (Å²) in [6, 6.07) is 8.26. The van der Waals surface area contributed by atoms with E-state index in [1.165, 1.54) is 3.69 Å². The van der Waals surface area contributed by atoms with E-state index in [1.807, 2.05) is 33.8 Å². The average molecular weight is 216 g/mol. The molecule has 0 unspecified atom stereocenters. The average Bonchev–Trinajstić information content (AvgIpc) is 1.77. The van der Waals surface area contributed by atoms with Crippen molar-refractivity contribution < 1.29 is 12.4 Å². The molecule has 9 heavy (non-hydrogen) atoms. The van der Waals surface area contributed by atoms with Crippen LogP contribution < -0.4 is 16.1 Å². The zero-order valence-electron chi connectivity index (χ0n) is 4.77. The van der Waals surface area contributed by atoms with Gasteiger partial charge in [0.15, 0.2) is 0 Å². The van der Waals surface area contributed by atoms with E-state index in [4.69, 9.17) is 0 Å². The van der Waals surface area contributed by atoms with E-state index in [2.05, 4.69) is 28.1 Å². The Hall–Kier alpha value is 0.756. The van der Waals surface area contributed by atoms with E-state index in [0.29, 0.717) is 0 Å². The molecule has 0 spiro atoms. The van der Waals surface area contributed by atoms with Crippen molar-refractivity contribution in [3.63, 3.8) is 0 Å². The van der Waals surface area contributed by atoms with E-state index in [1.54, 1.807) is 0 Å². The first-order chi connectivity index (χ1) is 3.79. The predicted octanol–water partition coefficient (Wildman–Crippen LogP) is -1.75. The molecule has 1 aromatic rings. The molecule has 3 heteroatoms. The molecule has 0 aromatic heterocycles. The summed E-state index contributed by atoms with van der Waals surface area (Å²) in [5, 5.41) is 0. The Bertz CT molecular complexity index is 152. The summed E-state index contributed by atoms with van der Waals surface area (Å²) in [7, 11) is 0. The number of benzene rings is 1. The molecule has 0 atom stereocenters. The third-order valence-electron chi connectivity index (χ3n) is 0.913. The van der Waals surface area contributed by atoms with Gasteiger partial charge in [0, 0.05) is 0 Å². The van der Waals surface area contributed by atoms with Gasteiger partial charge in [0.05, 0.1) is 0 Å². The third-order valence-corrected chi connectivity index (χ3v) is 1.91. The van der Waals surface area contributed by atoms with Gasteiger partial charge in [-0.05, 0) is 0 Å². The molecule has 0 fully saturated rings. The maximum absolute atomic E-state index is 3.35. The van der Waals surface area contributed by atoms with Crippen LogP contribution >= 0.6 is 15.9 Å². The molecule has 0 N–H and O–H groups in total. The summed E-state index contributed by atoms with van der Waals surface area (Å²) >= 11 is 5.24. The fourth-order valence-corrected chi connectivity index (χ4v) is 0.984. The van der Waals surface area contributed by atoms with Gasteiger partial charge in [0.25, 0.3) is 0 Å². The second-order valence-electron chi connectivity index (χ2n) is 1.63. The van der Waals surface area contributed by atoms with Crippen LogP contribution in [0.15, 0.2) is 28.7 Å². The molecule has 0 aliphatic heterocycles. The van der Waals surface area contributed by atoms with E-state index in [-0.39, 0.29) is 12.4 Å². The van der Waals surface area contributed by atoms with Crippen LogP contribution in [0, 0.1) is 0 Å². The van der Waals surface area contributed by atoms with Crippen LogP contribution in [0.3, 0.4) is 0 Å². The molecule has 0 saturated heterocycles. The SMILES string of the molecule is [Cl-].[Mg+][c]1ccc(Br)cc1. The monoisotopic (exact) mass is 214 g/mol. The van der Waals surface area contributed by atoms with Crippen LogP contribution in [0.5, 0.6) is 0 Å². The summed E-state index contributed by atoms with van der Waals surface area (Å²) in [5.41, 5.74) is 0. The van der Waals surface area contributed by atoms with Gasteiger partial charge in [-0.3, -0.25) is 0 Å². The number of rotatable bonds is 0. The topological polar surface area (TPSA) is 0 Å². The Balaban J connectivity index is 0.000000640. The molecule has 0 amide bonds. The number of halogens is 2. The number of hydrogen-bond donors (Lipinski definition) is 0. The summed E-state index contributed by atoms with van der Waals surface area (Å²) in [5.74, 6) is 0. The minimum atomic E-state index is 0. The zero-order valence-corrected chi connectivity index (χ0v) is 8.53. The van der Waals surface area contributed by atoms with Crippen molar-refractivity contribution >= 4 is 41.3 Å². The maximum atomic E-state index is 3.35. The Morgan fingerprint density at radius 3 is 1.89 bits per heavy atom. The number of hydrogen-bond acceptors (Lipinski definition) is 0. The summed E-state index contributed by atoms with van der Waals surface area (Å²) < 4.78 is 2.47. The molecule has 0 bridgehead atoms. The Morgan fingerprint density at radius 1 is 1.11 bits per heavy atom. The van der Waals surface area contributed by atoms with Crippen molar-refractivity contribution in [1.29, 1.82) is 0 Å². The Morgan fingerprint density at radius 2 is 1.56 bits per heavy atom. The Labute approximate surface area is 82.0 Å². The summed E-state index contributed by atoms with van der Waals surface area (Å²) in [6.07, 6.45) is 0. The second kappa shape index (κ2) is 4.55. The van der Waals surface area contributed by atoms with Crippen LogP contribution in [0.2, 0.25) is 0 Å². The van der Waals surface area contributed by atoms with Crippen molar-refractivity contribution in [2.75, 3.05) is 0 Å². The van der Waals surface area contributed by atoms with Gasteiger partial charge in [-0.25, -0.2) is 0 Å². The molecular weight excluding hydrogens is 212 g/mol. The summed E-state index contributed by atoms with van der Waals surface area (Å²) in [4.78, 5) is 0. The van der Waals surface area contributed by atoms with Crippen molar-refractivity contribution in [2.24, 2.45) is 0 Å². The minimum absolute atomic E-state index is 0. The molecule has 0 nitrogen and oxygen atoms in total. The predicted molar refractivity (Wildman–Crippen MR) is 39.5 cm³/mol. The molecule has 44 valence electrons. The molecule has 0 radical (unpaired) electrons. The quantitative estimate of drug-likeness (QED) is 0.451. The van der Waals surface area contributed by atoms with E-state index < -0.39 is 0 Å². The van der Waals surface area contributed by atoms with Gasteiger partial charge in [0.1, 0.15) is 0 Å². The summed E-state index contributed by atoms with van der Waals surface area (Å²) in [6.45, 7) is 0. The molecule has 0 aliphatic rings. The van der Waals surface area contributed by atoms with E-state index in [9.17, 15) is 0 Å². The van der Waals surface area contributed by atoms with Crippen molar-refractivity contribution in [2.45, 2.75) is 0 Å². The Kier molecular flexibility index (Phi) is 4.94. The van der Waals surface area contributed by atoms with Crippen LogP contribution in [0.1, 0.15) is 0 Å². The molecule has 0 heterocycles. The van der Waals surface area contributed by atoms with Crippen molar-refractivity contribution in [1.82, 2.24) is 0 Å². The van der Waals surface area contributed by atoms with Gasteiger partial charge in [-0.1, -0.05) is 0 Å². The standard InChI is InChI=1S/C6H4Br.ClH.Mg/c7-6-4-2-1-3-5-6;;/h2-5H;1H;/q;;+1/p-1. The van der Waals surface area contributed by atoms with E-state index in [0.717, 1.165) is 4.47 Å². The van der Waals surface area contributed by atoms with Gasteiger partial charge >= 0.3 is 70.1 Å². The first kappa shape index (κ1) is 9.76. The molecule has 1 aromatic carbocycles. The first-order valence-electron chi connectivity index (χ1n) is 2.36. The molecular formula is C6H4BrClMg. The van der Waals surface area contributed by atoms with Gasteiger partial charge in [0.2, 0.25) is 0 Å². The van der Waals surface area contributed by atoms with Crippen molar-refractivity contribution in [3.8, 4) is 0 Å². The normalized spacial score (nSPS) is 8.33. The van der Waals surface area contributed by atoms with Crippen LogP contribution in [0.4, 0.5) is 0 Å². The fraction of sp³-hybridized carbons (Fsp3) is 0. The first-order valence-corrected chi connectivity index (χ1v) is 3.86. The molecule has 0 saturated carbocycles. The molecule has 1 rings (SSSR count). The van der Waals surface area contributed by atoms with Gasteiger partial charge in [-0.2, -0.15) is 0 Å². The van der Waals surface area contributed by atoms with Crippen LogP contribution in [0.25, 0.3) is 0 Å². The third kappa shape index (κ3) is 3.45.